The molecule has 4 heteroatoms. The normalized spacial score (nSPS) is 35.8. The smallest absolute Gasteiger partial charge is 0.0710 e. The van der Waals surface area contributed by atoms with E-state index in [1.54, 1.807) is 0 Å². The lowest BCUT2D eigenvalue weighted by Gasteiger charge is -2.37. The third kappa shape index (κ3) is 3.13. The number of aliphatic hydroxyl groups excluding tert-OH is 1. The Bertz CT molecular complexity index is 291. The van der Waals surface area contributed by atoms with Gasteiger partial charge < -0.3 is 14.6 Å². The van der Waals surface area contributed by atoms with Crippen LogP contribution in [0.3, 0.4) is 0 Å². The molecule has 3 rings (SSSR count). The van der Waals surface area contributed by atoms with E-state index in [0.29, 0.717) is 12.7 Å². The molecule has 0 aromatic rings. The van der Waals surface area contributed by atoms with E-state index in [0.717, 1.165) is 19.7 Å². The number of aliphatic hydroxyl groups is 1. The van der Waals surface area contributed by atoms with Crippen LogP contribution in [-0.4, -0.2) is 60.7 Å². The Morgan fingerprint density at radius 2 is 2.00 bits per heavy atom. The molecule has 19 heavy (non-hydrogen) atoms. The van der Waals surface area contributed by atoms with Crippen LogP contribution in [0.2, 0.25) is 0 Å². The quantitative estimate of drug-likeness (QED) is 0.844. The van der Waals surface area contributed by atoms with Gasteiger partial charge in [0.2, 0.25) is 0 Å². The van der Waals surface area contributed by atoms with Gasteiger partial charge in [0.25, 0.3) is 0 Å². The second-order valence-electron chi connectivity index (χ2n) is 6.43. The summed E-state index contributed by atoms with van der Waals surface area (Å²) in [7, 11) is 0. The first kappa shape index (κ1) is 13.8. The summed E-state index contributed by atoms with van der Waals surface area (Å²) in [6.07, 6.45) is 9.37. The van der Waals surface area contributed by atoms with Gasteiger partial charge in [-0.1, -0.05) is 19.3 Å². The molecule has 0 aromatic carbocycles. The zero-order valence-electron chi connectivity index (χ0n) is 11.9. The first-order valence-corrected chi connectivity index (χ1v) is 7.92. The first-order valence-electron chi connectivity index (χ1n) is 7.92. The molecule has 3 aliphatic rings. The van der Waals surface area contributed by atoms with Gasteiger partial charge in [-0.15, -0.1) is 0 Å². The molecule has 0 amide bonds. The van der Waals surface area contributed by atoms with Crippen LogP contribution in [-0.2, 0) is 9.47 Å². The minimum atomic E-state index is 0.167. The van der Waals surface area contributed by atoms with Crippen LogP contribution in [0.1, 0.15) is 44.9 Å². The molecule has 4 nitrogen and oxygen atoms in total. The maximum Gasteiger partial charge on any atom is 0.0710 e. The lowest BCUT2D eigenvalue weighted by Crippen LogP contribution is -2.50. The van der Waals surface area contributed by atoms with Crippen molar-refractivity contribution in [3.05, 3.63) is 0 Å². The largest absolute Gasteiger partial charge is 0.395 e. The van der Waals surface area contributed by atoms with E-state index in [1.165, 1.54) is 44.9 Å². The Morgan fingerprint density at radius 3 is 2.79 bits per heavy atom. The maximum absolute atomic E-state index is 9.42. The molecule has 3 fully saturated rings. The second kappa shape index (κ2) is 6.08. The van der Waals surface area contributed by atoms with Gasteiger partial charge in [0.05, 0.1) is 37.6 Å². The van der Waals surface area contributed by atoms with Crippen molar-refractivity contribution in [2.24, 2.45) is 0 Å². The number of rotatable bonds is 3. The van der Waals surface area contributed by atoms with Crippen molar-refractivity contribution in [3.8, 4) is 0 Å². The maximum atomic E-state index is 9.42. The monoisotopic (exact) mass is 269 g/mol. The molecule has 2 saturated heterocycles. The van der Waals surface area contributed by atoms with Crippen LogP contribution >= 0.6 is 0 Å². The summed E-state index contributed by atoms with van der Waals surface area (Å²) in [6, 6.07) is 0.167. The van der Waals surface area contributed by atoms with Gasteiger partial charge in [0.15, 0.2) is 0 Å². The number of morpholine rings is 1. The molecule has 2 heterocycles. The van der Waals surface area contributed by atoms with Crippen LogP contribution in [0.5, 0.6) is 0 Å². The highest BCUT2D eigenvalue weighted by atomic mass is 16.5. The summed E-state index contributed by atoms with van der Waals surface area (Å²) >= 11 is 0. The number of hydrogen-bond acceptors (Lipinski definition) is 4. The summed E-state index contributed by atoms with van der Waals surface area (Å²) < 4.78 is 11.9. The van der Waals surface area contributed by atoms with Crippen molar-refractivity contribution in [1.29, 1.82) is 0 Å². The fourth-order valence-corrected chi connectivity index (χ4v) is 3.95. The van der Waals surface area contributed by atoms with Gasteiger partial charge in [-0.05, 0) is 25.7 Å². The topological polar surface area (TPSA) is 41.9 Å². The first-order chi connectivity index (χ1) is 9.31. The van der Waals surface area contributed by atoms with Crippen LogP contribution in [0.25, 0.3) is 0 Å². The molecule has 0 radical (unpaired) electrons. The van der Waals surface area contributed by atoms with E-state index in [2.05, 4.69) is 4.90 Å². The molecule has 2 aliphatic heterocycles. The average molecular weight is 269 g/mol. The van der Waals surface area contributed by atoms with Gasteiger partial charge in [0, 0.05) is 13.1 Å². The molecule has 1 aliphatic carbocycles. The van der Waals surface area contributed by atoms with Gasteiger partial charge in [0.1, 0.15) is 0 Å². The Kier molecular flexibility index (Phi) is 4.42. The minimum Gasteiger partial charge on any atom is -0.395 e. The van der Waals surface area contributed by atoms with E-state index in [4.69, 9.17) is 9.47 Å². The Morgan fingerprint density at radius 1 is 1.16 bits per heavy atom. The van der Waals surface area contributed by atoms with E-state index in [9.17, 15) is 5.11 Å². The molecule has 2 atom stereocenters. The highest BCUT2D eigenvalue weighted by molar-refractivity contribution is 4.92. The molecular weight excluding hydrogens is 242 g/mol. The molecule has 1 spiro atoms. The van der Waals surface area contributed by atoms with Crippen LogP contribution < -0.4 is 0 Å². The van der Waals surface area contributed by atoms with Crippen LogP contribution in [0, 0.1) is 0 Å². The summed E-state index contributed by atoms with van der Waals surface area (Å²) in [6.45, 7) is 3.54. The second-order valence-corrected chi connectivity index (χ2v) is 6.43. The molecule has 2 unspecified atom stereocenters. The highest BCUT2D eigenvalue weighted by Gasteiger charge is 2.41. The minimum absolute atomic E-state index is 0.167. The number of ether oxygens (including phenoxy) is 2. The molecule has 0 aromatic heterocycles. The van der Waals surface area contributed by atoms with Crippen LogP contribution in [0.4, 0.5) is 0 Å². The summed E-state index contributed by atoms with van der Waals surface area (Å²) in [5.41, 5.74) is 0.212. The van der Waals surface area contributed by atoms with Crippen molar-refractivity contribution in [2.75, 3.05) is 32.9 Å². The van der Waals surface area contributed by atoms with Gasteiger partial charge >= 0.3 is 0 Å². The predicted octanol–water partition coefficient (Wildman–Crippen LogP) is 1.56. The lowest BCUT2D eigenvalue weighted by molar-refractivity contribution is -0.0920. The average Bonchev–Trinajstić information content (AvgIpc) is 2.83. The van der Waals surface area contributed by atoms with E-state index in [1.807, 2.05) is 0 Å². The fourth-order valence-electron chi connectivity index (χ4n) is 3.95. The van der Waals surface area contributed by atoms with Crippen molar-refractivity contribution >= 4 is 0 Å². The summed E-state index contributed by atoms with van der Waals surface area (Å²) in [5.74, 6) is 0. The number of nitrogens with zero attached hydrogens (tertiary/aromatic N) is 1. The van der Waals surface area contributed by atoms with E-state index >= 15 is 0 Å². The van der Waals surface area contributed by atoms with Gasteiger partial charge in [-0.25, -0.2) is 0 Å². The van der Waals surface area contributed by atoms with Crippen LogP contribution in [0.15, 0.2) is 0 Å². The van der Waals surface area contributed by atoms with E-state index in [-0.39, 0.29) is 18.2 Å². The third-order valence-electron chi connectivity index (χ3n) is 5.10. The summed E-state index contributed by atoms with van der Waals surface area (Å²) in [4.78, 5) is 2.36. The number of hydrogen-bond donors (Lipinski definition) is 1. The van der Waals surface area contributed by atoms with Crippen molar-refractivity contribution in [1.82, 2.24) is 4.90 Å². The Labute approximate surface area is 116 Å². The highest BCUT2D eigenvalue weighted by Crippen LogP contribution is 2.42. The SMILES string of the molecule is OCC1COCCN1CC1CCC2(CCCCC2)O1. The zero-order chi connectivity index (χ0) is 13.1. The standard InChI is InChI=1S/C15H27NO3/c17-11-13-12-18-9-8-16(13)10-14-4-7-15(19-14)5-2-1-3-6-15/h13-14,17H,1-12H2. The Hall–Kier alpha value is -0.160. The predicted molar refractivity (Wildman–Crippen MR) is 73.2 cm³/mol. The van der Waals surface area contributed by atoms with Gasteiger partial charge in [-0.3, -0.25) is 4.90 Å². The molecule has 0 bridgehead atoms. The molecular formula is C15H27NO3. The fraction of sp³-hybridized carbons (Fsp3) is 1.00. The van der Waals surface area contributed by atoms with Gasteiger partial charge in [-0.2, -0.15) is 0 Å². The van der Waals surface area contributed by atoms with E-state index < -0.39 is 0 Å². The summed E-state index contributed by atoms with van der Waals surface area (Å²) in [5, 5.41) is 9.42. The molecule has 110 valence electrons. The molecule has 1 saturated carbocycles. The molecule has 1 N–H and O–H groups in total. The van der Waals surface area contributed by atoms with Crippen molar-refractivity contribution < 1.29 is 14.6 Å². The lowest BCUT2D eigenvalue weighted by atomic mass is 9.83. The van der Waals surface area contributed by atoms with Crippen molar-refractivity contribution in [2.45, 2.75) is 62.7 Å². The van der Waals surface area contributed by atoms with Crippen molar-refractivity contribution in [3.63, 3.8) is 0 Å². The zero-order valence-corrected chi connectivity index (χ0v) is 11.9. The third-order valence-corrected chi connectivity index (χ3v) is 5.10. The Balaban J connectivity index is 1.53.